The molecule has 0 radical (unpaired) electrons. The molecular weight excluding hydrogens is 328 g/mol. The Bertz CT molecular complexity index is 678. The zero-order valence-electron chi connectivity index (χ0n) is 15.2. The van der Waals surface area contributed by atoms with Gasteiger partial charge in [-0.15, -0.1) is 0 Å². The third kappa shape index (κ3) is 5.05. The summed E-state index contributed by atoms with van der Waals surface area (Å²) in [7, 11) is 1.62. The van der Waals surface area contributed by atoms with E-state index >= 15 is 0 Å². The van der Waals surface area contributed by atoms with Crippen LogP contribution in [-0.4, -0.2) is 48.7 Å². The van der Waals surface area contributed by atoms with Crippen molar-refractivity contribution < 1.29 is 14.3 Å². The number of aromatic nitrogens is 1. The molecule has 1 saturated heterocycles. The van der Waals surface area contributed by atoms with Crippen LogP contribution in [0.15, 0.2) is 54.9 Å². The molecule has 0 bridgehead atoms. The maximum absolute atomic E-state index is 12.4. The van der Waals surface area contributed by atoms with Gasteiger partial charge in [-0.25, -0.2) is 0 Å². The fourth-order valence-electron chi connectivity index (χ4n) is 3.44. The summed E-state index contributed by atoms with van der Waals surface area (Å²) in [4.78, 5) is 18.5. The van der Waals surface area contributed by atoms with Crippen LogP contribution in [0.3, 0.4) is 0 Å². The Morgan fingerprint density at radius 1 is 1.23 bits per heavy atom. The number of piperidine rings is 1. The SMILES string of the molecule is COCCC(=O)N1CC[C@H](Oc2cccnc2)[C@H](Cc2ccccc2)C1. The lowest BCUT2D eigenvalue weighted by Gasteiger charge is -2.38. The van der Waals surface area contributed by atoms with Crippen LogP contribution in [0.1, 0.15) is 18.4 Å². The lowest BCUT2D eigenvalue weighted by atomic mass is 9.88. The molecule has 2 aromatic rings. The molecule has 0 aliphatic carbocycles. The molecule has 1 amide bonds. The first-order chi connectivity index (χ1) is 12.8. The first-order valence-electron chi connectivity index (χ1n) is 9.13. The van der Waals surface area contributed by atoms with Crippen molar-refractivity contribution in [3.05, 3.63) is 60.4 Å². The largest absolute Gasteiger partial charge is 0.488 e. The molecule has 5 heteroatoms. The Morgan fingerprint density at radius 2 is 2.08 bits per heavy atom. The maximum atomic E-state index is 12.4. The van der Waals surface area contributed by atoms with Crippen LogP contribution in [-0.2, 0) is 16.0 Å². The normalized spacial score (nSPS) is 20.0. The Balaban J connectivity index is 1.70. The van der Waals surface area contributed by atoms with E-state index in [4.69, 9.17) is 9.47 Å². The number of benzene rings is 1. The number of amides is 1. The summed E-state index contributed by atoms with van der Waals surface area (Å²) in [6, 6.07) is 14.2. The highest BCUT2D eigenvalue weighted by Crippen LogP contribution is 2.26. The third-order valence-electron chi connectivity index (χ3n) is 4.80. The minimum Gasteiger partial charge on any atom is -0.488 e. The van der Waals surface area contributed by atoms with Gasteiger partial charge in [-0.3, -0.25) is 9.78 Å². The quantitative estimate of drug-likeness (QED) is 0.767. The highest BCUT2D eigenvalue weighted by Gasteiger charge is 2.32. The van der Waals surface area contributed by atoms with Crippen LogP contribution in [0.5, 0.6) is 5.75 Å². The molecule has 138 valence electrons. The second-order valence-corrected chi connectivity index (χ2v) is 6.67. The Hall–Kier alpha value is -2.40. The molecule has 1 aromatic heterocycles. The van der Waals surface area contributed by atoms with Crippen LogP contribution in [0.2, 0.25) is 0 Å². The van der Waals surface area contributed by atoms with Gasteiger partial charge in [0.05, 0.1) is 19.2 Å². The average molecular weight is 354 g/mol. The number of carbonyl (C=O) groups excluding carboxylic acids is 1. The van der Waals surface area contributed by atoms with Gasteiger partial charge in [0, 0.05) is 38.7 Å². The fourth-order valence-corrected chi connectivity index (χ4v) is 3.44. The number of methoxy groups -OCH3 is 1. The Labute approximate surface area is 155 Å². The van der Waals surface area contributed by atoms with Gasteiger partial charge in [-0.05, 0) is 24.1 Å². The van der Waals surface area contributed by atoms with Gasteiger partial charge < -0.3 is 14.4 Å². The topological polar surface area (TPSA) is 51.7 Å². The highest BCUT2D eigenvalue weighted by atomic mass is 16.5. The number of hydrogen-bond donors (Lipinski definition) is 0. The first-order valence-corrected chi connectivity index (χ1v) is 9.13. The van der Waals surface area contributed by atoms with Crippen LogP contribution in [0.4, 0.5) is 0 Å². The van der Waals surface area contributed by atoms with Crippen LogP contribution >= 0.6 is 0 Å². The summed E-state index contributed by atoms with van der Waals surface area (Å²) in [5, 5.41) is 0. The predicted molar refractivity (Wildman–Crippen MR) is 100.0 cm³/mol. The van der Waals surface area contributed by atoms with E-state index in [1.807, 2.05) is 23.1 Å². The molecule has 0 spiro atoms. The van der Waals surface area contributed by atoms with Gasteiger partial charge >= 0.3 is 0 Å². The number of likely N-dealkylation sites (tertiary alicyclic amines) is 1. The van der Waals surface area contributed by atoms with Crippen LogP contribution < -0.4 is 4.74 Å². The molecule has 1 aliphatic rings. The third-order valence-corrected chi connectivity index (χ3v) is 4.80. The van der Waals surface area contributed by atoms with E-state index in [-0.39, 0.29) is 17.9 Å². The van der Waals surface area contributed by atoms with Crippen molar-refractivity contribution in [2.45, 2.75) is 25.4 Å². The summed E-state index contributed by atoms with van der Waals surface area (Å²) in [6.45, 7) is 1.90. The number of ether oxygens (including phenoxy) is 2. The summed E-state index contributed by atoms with van der Waals surface area (Å²) in [6.07, 6.45) is 5.71. The van der Waals surface area contributed by atoms with Gasteiger partial charge in [0.25, 0.3) is 0 Å². The minimum atomic E-state index is 0.0749. The molecule has 1 fully saturated rings. The summed E-state index contributed by atoms with van der Waals surface area (Å²) < 4.78 is 11.3. The van der Waals surface area contributed by atoms with E-state index < -0.39 is 0 Å². The smallest absolute Gasteiger partial charge is 0.224 e. The van der Waals surface area contributed by atoms with E-state index in [2.05, 4.69) is 29.2 Å². The van der Waals surface area contributed by atoms with E-state index in [1.165, 1.54) is 5.56 Å². The van der Waals surface area contributed by atoms with E-state index in [0.29, 0.717) is 19.6 Å². The van der Waals surface area contributed by atoms with E-state index in [1.54, 1.807) is 19.5 Å². The van der Waals surface area contributed by atoms with Crippen molar-refractivity contribution in [2.24, 2.45) is 5.92 Å². The molecule has 1 aliphatic heterocycles. The summed E-state index contributed by atoms with van der Waals surface area (Å²) in [5.74, 6) is 1.19. The number of pyridine rings is 1. The predicted octanol–water partition coefficient (Wildman–Crippen LogP) is 2.96. The molecule has 5 nitrogen and oxygen atoms in total. The monoisotopic (exact) mass is 354 g/mol. The van der Waals surface area contributed by atoms with Crippen molar-refractivity contribution in [3.8, 4) is 5.75 Å². The van der Waals surface area contributed by atoms with Crippen molar-refractivity contribution in [3.63, 3.8) is 0 Å². The van der Waals surface area contributed by atoms with Crippen molar-refractivity contribution in [1.82, 2.24) is 9.88 Å². The molecule has 26 heavy (non-hydrogen) atoms. The fraction of sp³-hybridized carbons (Fsp3) is 0.429. The summed E-state index contributed by atoms with van der Waals surface area (Å²) >= 11 is 0. The zero-order chi connectivity index (χ0) is 18.2. The van der Waals surface area contributed by atoms with Gasteiger partial charge in [-0.1, -0.05) is 30.3 Å². The molecule has 0 N–H and O–H groups in total. The molecular formula is C21H26N2O3. The Kier molecular flexibility index (Phi) is 6.61. The lowest BCUT2D eigenvalue weighted by molar-refractivity contribution is -0.135. The first kappa shape index (κ1) is 18.4. The number of hydrogen-bond acceptors (Lipinski definition) is 4. The highest BCUT2D eigenvalue weighted by molar-refractivity contribution is 5.76. The molecule has 3 rings (SSSR count). The minimum absolute atomic E-state index is 0.0749. The Morgan fingerprint density at radius 3 is 2.81 bits per heavy atom. The molecule has 0 unspecified atom stereocenters. The van der Waals surface area contributed by atoms with Crippen LogP contribution in [0.25, 0.3) is 0 Å². The lowest BCUT2D eigenvalue weighted by Crippen LogP contribution is -2.48. The number of carbonyl (C=O) groups is 1. The average Bonchev–Trinajstić information content (AvgIpc) is 2.69. The number of rotatable bonds is 7. The van der Waals surface area contributed by atoms with Gasteiger partial charge in [0.15, 0.2) is 0 Å². The van der Waals surface area contributed by atoms with Crippen molar-refractivity contribution >= 4 is 5.91 Å². The molecule has 1 aromatic carbocycles. The van der Waals surface area contributed by atoms with Gasteiger partial charge in [0.2, 0.25) is 5.91 Å². The van der Waals surface area contributed by atoms with Gasteiger partial charge in [0.1, 0.15) is 11.9 Å². The van der Waals surface area contributed by atoms with Crippen molar-refractivity contribution in [1.29, 1.82) is 0 Å². The second kappa shape index (κ2) is 9.34. The zero-order valence-corrected chi connectivity index (χ0v) is 15.2. The molecule has 0 saturated carbocycles. The van der Waals surface area contributed by atoms with Crippen molar-refractivity contribution in [2.75, 3.05) is 26.8 Å². The number of nitrogens with zero attached hydrogens (tertiary/aromatic N) is 2. The molecule has 2 heterocycles. The van der Waals surface area contributed by atoms with Crippen LogP contribution in [0, 0.1) is 5.92 Å². The standard InChI is InChI=1S/C21H26N2O3/c1-25-13-10-21(24)23-12-9-20(26-19-8-5-11-22-15-19)18(16-23)14-17-6-3-2-4-7-17/h2-8,11,15,18,20H,9-10,12-14,16H2,1H3/t18-,20+/m1/s1. The van der Waals surface area contributed by atoms with Gasteiger partial charge in [-0.2, -0.15) is 0 Å². The van der Waals surface area contributed by atoms with E-state index in [0.717, 1.165) is 25.1 Å². The maximum Gasteiger partial charge on any atom is 0.224 e. The second-order valence-electron chi connectivity index (χ2n) is 6.67. The molecule has 2 atom stereocenters. The summed E-state index contributed by atoms with van der Waals surface area (Å²) in [5.41, 5.74) is 1.27. The van der Waals surface area contributed by atoms with E-state index in [9.17, 15) is 4.79 Å².